The van der Waals surface area contributed by atoms with E-state index in [1.165, 1.54) is 0 Å². The van der Waals surface area contributed by atoms with Crippen LogP contribution < -0.4 is 9.64 Å². The molecule has 4 nitrogen and oxygen atoms in total. The first-order valence-corrected chi connectivity index (χ1v) is 6.22. The average Bonchev–Trinajstić information content (AvgIpc) is 2.29. The molecule has 1 saturated heterocycles. The number of nitrogens with zero attached hydrogens (tertiary/aromatic N) is 3. The number of hydrogen-bond donors (Lipinski definition) is 0. The number of piperazine rings is 1. The minimum absolute atomic E-state index is 0.172. The normalized spacial score (nSPS) is 17.5. The Morgan fingerprint density at radius 3 is 2.53 bits per heavy atom. The second-order valence-corrected chi connectivity index (χ2v) is 4.79. The molecule has 1 aromatic heterocycles. The van der Waals surface area contributed by atoms with Gasteiger partial charge >= 0.3 is 0 Å². The van der Waals surface area contributed by atoms with Crippen molar-refractivity contribution in [1.82, 2.24) is 9.88 Å². The zero-order valence-electron chi connectivity index (χ0n) is 10.9. The lowest BCUT2D eigenvalue weighted by atomic mass is 10.3. The van der Waals surface area contributed by atoms with Crippen LogP contribution in [0.1, 0.15) is 13.8 Å². The summed E-state index contributed by atoms with van der Waals surface area (Å²) in [6.45, 7) is 8.30. The molecule has 94 valence electrons. The number of likely N-dealkylation sites (N-methyl/N-ethyl adjacent to an activating group) is 1. The molecular weight excluding hydrogens is 214 g/mol. The Hall–Kier alpha value is -1.29. The van der Waals surface area contributed by atoms with Crippen LogP contribution in [0, 0.1) is 0 Å². The molecule has 0 atom stereocenters. The van der Waals surface area contributed by atoms with Crippen LogP contribution in [0.4, 0.5) is 5.82 Å². The fourth-order valence-electron chi connectivity index (χ4n) is 1.92. The lowest BCUT2D eigenvalue weighted by molar-refractivity contribution is 0.232. The average molecular weight is 235 g/mol. The van der Waals surface area contributed by atoms with E-state index in [1.54, 1.807) is 0 Å². The number of aromatic nitrogens is 1. The molecule has 1 fully saturated rings. The first-order chi connectivity index (χ1) is 8.15. The second kappa shape index (κ2) is 5.36. The molecule has 0 N–H and O–H groups in total. The van der Waals surface area contributed by atoms with Gasteiger partial charge in [-0.05, 0) is 27.0 Å². The molecule has 0 spiro atoms. The Morgan fingerprint density at radius 2 is 1.88 bits per heavy atom. The highest BCUT2D eigenvalue weighted by Crippen LogP contribution is 2.17. The van der Waals surface area contributed by atoms with Crippen LogP contribution in [0.2, 0.25) is 0 Å². The lowest BCUT2D eigenvalue weighted by Crippen LogP contribution is -2.44. The predicted molar refractivity (Wildman–Crippen MR) is 69.7 cm³/mol. The Morgan fingerprint density at radius 1 is 1.18 bits per heavy atom. The molecule has 1 aliphatic rings. The van der Waals surface area contributed by atoms with Gasteiger partial charge in [0.1, 0.15) is 5.82 Å². The van der Waals surface area contributed by atoms with Crippen LogP contribution in [0.5, 0.6) is 5.88 Å². The van der Waals surface area contributed by atoms with E-state index in [9.17, 15) is 0 Å². The standard InChI is InChI=1S/C13H21N3O/c1-11(2)17-13-6-4-5-12(14-13)16-9-7-15(3)8-10-16/h4-6,11H,7-10H2,1-3H3. The van der Waals surface area contributed by atoms with Gasteiger partial charge in [0, 0.05) is 32.2 Å². The zero-order chi connectivity index (χ0) is 12.3. The minimum atomic E-state index is 0.172. The molecule has 1 aromatic rings. The number of pyridine rings is 1. The van der Waals surface area contributed by atoms with Gasteiger partial charge in [-0.3, -0.25) is 0 Å². The lowest BCUT2D eigenvalue weighted by Gasteiger charge is -2.33. The molecule has 0 aliphatic carbocycles. The van der Waals surface area contributed by atoms with Gasteiger partial charge in [-0.1, -0.05) is 6.07 Å². The van der Waals surface area contributed by atoms with Crippen LogP contribution in [0.3, 0.4) is 0 Å². The highest BCUT2D eigenvalue weighted by Gasteiger charge is 2.15. The summed E-state index contributed by atoms with van der Waals surface area (Å²) in [5, 5.41) is 0. The predicted octanol–water partition coefficient (Wildman–Crippen LogP) is 1.62. The van der Waals surface area contributed by atoms with E-state index < -0.39 is 0 Å². The van der Waals surface area contributed by atoms with Crippen molar-refractivity contribution in [2.24, 2.45) is 0 Å². The fourth-order valence-corrected chi connectivity index (χ4v) is 1.92. The molecular formula is C13H21N3O. The molecule has 0 saturated carbocycles. The van der Waals surface area contributed by atoms with Gasteiger partial charge in [0.15, 0.2) is 0 Å². The first-order valence-electron chi connectivity index (χ1n) is 6.22. The summed E-state index contributed by atoms with van der Waals surface area (Å²) in [4.78, 5) is 9.20. The van der Waals surface area contributed by atoms with Gasteiger partial charge in [-0.2, -0.15) is 4.98 Å². The zero-order valence-corrected chi connectivity index (χ0v) is 10.9. The minimum Gasteiger partial charge on any atom is -0.475 e. The summed E-state index contributed by atoms with van der Waals surface area (Å²) < 4.78 is 5.62. The SMILES string of the molecule is CC(C)Oc1cccc(N2CCN(C)CC2)n1. The van der Waals surface area contributed by atoms with E-state index in [0.29, 0.717) is 0 Å². The number of ether oxygens (including phenoxy) is 1. The Balaban J connectivity index is 2.05. The maximum absolute atomic E-state index is 5.62. The Bertz CT molecular complexity index is 359. The summed E-state index contributed by atoms with van der Waals surface area (Å²) in [6, 6.07) is 5.98. The molecule has 2 rings (SSSR count). The van der Waals surface area contributed by atoms with E-state index in [1.807, 2.05) is 26.0 Å². The van der Waals surface area contributed by atoms with Crippen molar-refractivity contribution in [3.63, 3.8) is 0 Å². The van der Waals surface area contributed by atoms with Crippen molar-refractivity contribution in [1.29, 1.82) is 0 Å². The van der Waals surface area contributed by atoms with E-state index in [4.69, 9.17) is 4.74 Å². The van der Waals surface area contributed by atoms with Crippen LogP contribution in [-0.4, -0.2) is 49.2 Å². The van der Waals surface area contributed by atoms with E-state index in [2.05, 4.69) is 27.9 Å². The van der Waals surface area contributed by atoms with Crippen molar-refractivity contribution in [3.05, 3.63) is 18.2 Å². The van der Waals surface area contributed by atoms with Crippen molar-refractivity contribution in [2.45, 2.75) is 20.0 Å². The summed E-state index contributed by atoms with van der Waals surface area (Å²) in [5.41, 5.74) is 0. The van der Waals surface area contributed by atoms with E-state index >= 15 is 0 Å². The molecule has 4 heteroatoms. The summed E-state index contributed by atoms with van der Waals surface area (Å²) in [6.07, 6.45) is 0.172. The van der Waals surface area contributed by atoms with Crippen LogP contribution in [-0.2, 0) is 0 Å². The largest absolute Gasteiger partial charge is 0.475 e. The maximum atomic E-state index is 5.62. The molecule has 0 radical (unpaired) electrons. The van der Waals surface area contributed by atoms with Gasteiger partial charge in [-0.15, -0.1) is 0 Å². The Kier molecular flexibility index (Phi) is 3.84. The van der Waals surface area contributed by atoms with Crippen LogP contribution in [0.25, 0.3) is 0 Å². The van der Waals surface area contributed by atoms with Crippen molar-refractivity contribution < 1.29 is 4.74 Å². The molecule has 1 aliphatic heterocycles. The summed E-state index contributed by atoms with van der Waals surface area (Å²) >= 11 is 0. The monoisotopic (exact) mass is 235 g/mol. The van der Waals surface area contributed by atoms with Gasteiger partial charge in [0.05, 0.1) is 6.10 Å². The highest BCUT2D eigenvalue weighted by atomic mass is 16.5. The van der Waals surface area contributed by atoms with Crippen LogP contribution in [0.15, 0.2) is 18.2 Å². The third-order valence-electron chi connectivity index (χ3n) is 2.89. The Labute approximate surface area is 103 Å². The number of anilines is 1. The summed E-state index contributed by atoms with van der Waals surface area (Å²) in [7, 11) is 2.16. The van der Waals surface area contributed by atoms with Gasteiger partial charge < -0.3 is 14.5 Å². The van der Waals surface area contributed by atoms with E-state index in [-0.39, 0.29) is 6.10 Å². The topological polar surface area (TPSA) is 28.6 Å². The fraction of sp³-hybridized carbons (Fsp3) is 0.615. The van der Waals surface area contributed by atoms with Crippen molar-refractivity contribution in [2.75, 3.05) is 38.1 Å². The second-order valence-electron chi connectivity index (χ2n) is 4.79. The highest BCUT2D eigenvalue weighted by molar-refractivity contribution is 5.41. The number of hydrogen-bond acceptors (Lipinski definition) is 4. The quantitative estimate of drug-likeness (QED) is 0.796. The molecule has 0 aromatic carbocycles. The number of rotatable bonds is 3. The third-order valence-corrected chi connectivity index (χ3v) is 2.89. The van der Waals surface area contributed by atoms with Gasteiger partial charge in [-0.25, -0.2) is 0 Å². The molecule has 0 unspecified atom stereocenters. The molecule has 0 bridgehead atoms. The van der Waals surface area contributed by atoms with Crippen LogP contribution >= 0.6 is 0 Å². The van der Waals surface area contributed by atoms with Crippen molar-refractivity contribution >= 4 is 5.82 Å². The smallest absolute Gasteiger partial charge is 0.215 e. The van der Waals surface area contributed by atoms with Gasteiger partial charge in [0.25, 0.3) is 0 Å². The summed E-state index contributed by atoms with van der Waals surface area (Å²) in [5.74, 6) is 1.74. The van der Waals surface area contributed by atoms with Crippen molar-refractivity contribution in [3.8, 4) is 5.88 Å². The third kappa shape index (κ3) is 3.33. The maximum Gasteiger partial charge on any atom is 0.215 e. The molecule has 0 amide bonds. The molecule has 2 heterocycles. The van der Waals surface area contributed by atoms with Gasteiger partial charge in [0.2, 0.25) is 5.88 Å². The van der Waals surface area contributed by atoms with E-state index in [0.717, 1.165) is 37.9 Å². The molecule has 17 heavy (non-hydrogen) atoms. The first kappa shape index (κ1) is 12.2.